The smallest absolute Gasteiger partial charge is 0.315 e. The Bertz CT molecular complexity index is 317. The van der Waals surface area contributed by atoms with Gasteiger partial charge in [0.25, 0.3) is 0 Å². The molecular formula is C9H8O3. The van der Waals surface area contributed by atoms with Crippen LogP contribution in [-0.2, 0) is 9.59 Å². The van der Waals surface area contributed by atoms with Crippen molar-refractivity contribution in [1.29, 1.82) is 0 Å². The van der Waals surface area contributed by atoms with E-state index in [1.807, 2.05) is 0 Å². The van der Waals surface area contributed by atoms with Crippen LogP contribution in [0.4, 0.5) is 0 Å². The summed E-state index contributed by atoms with van der Waals surface area (Å²) in [6, 6.07) is 0. The molecule has 1 rings (SSSR count). The molecule has 1 atom stereocenters. The molecule has 0 radical (unpaired) electrons. The highest BCUT2D eigenvalue weighted by molar-refractivity contribution is 5.83. The van der Waals surface area contributed by atoms with Gasteiger partial charge in [-0.25, -0.2) is 4.79 Å². The average Bonchev–Trinajstić information content (AvgIpc) is 2.03. The highest BCUT2D eigenvalue weighted by Gasteiger charge is 2.24. The summed E-state index contributed by atoms with van der Waals surface area (Å²) in [5.41, 5.74) is 0.839. The van der Waals surface area contributed by atoms with Crippen LogP contribution in [0.25, 0.3) is 0 Å². The molecule has 3 nitrogen and oxygen atoms in total. The molecule has 62 valence electrons. The Labute approximate surface area is 69.7 Å². The van der Waals surface area contributed by atoms with E-state index in [-0.39, 0.29) is 5.57 Å². The highest BCUT2D eigenvalue weighted by Crippen LogP contribution is 2.23. The second-order valence-corrected chi connectivity index (χ2v) is 2.60. The molecular weight excluding hydrogens is 156 g/mol. The van der Waals surface area contributed by atoms with Gasteiger partial charge < -0.3 is 5.11 Å². The average molecular weight is 164 g/mol. The molecule has 1 aliphatic carbocycles. The summed E-state index contributed by atoms with van der Waals surface area (Å²) in [5, 5.41) is 8.74. The molecule has 0 aliphatic heterocycles. The molecule has 1 N–H and O–H groups in total. The van der Waals surface area contributed by atoms with Crippen LogP contribution >= 0.6 is 0 Å². The number of carbonyl (C=O) groups excluding carboxylic acids is 1. The monoisotopic (exact) mass is 164 g/mol. The molecule has 0 spiro atoms. The fourth-order valence-corrected chi connectivity index (χ4v) is 1.16. The van der Waals surface area contributed by atoms with E-state index in [4.69, 9.17) is 5.11 Å². The number of hydrogen-bond donors (Lipinski definition) is 1. The Morgan fingerprint density at radius 1 is 1.67 bits per heavy atom. The summed E-state index contributed by atoms with van der Waals surface area (Å²) in [5.74, 6) is -0.196. The second kappa shape index (κ2) is 3.20. The second-order valence-electron chi connectivity index (χ2n) is 2.60. The number of hydrogen-bond acceptors (Lipinski definition) is 2. The zero-order chi connectivity index (χ0) is 9.14. The Kier molecular flexibility index (Phi) is 2.26. The maximum atomic E-state index is 10.7. The minimum absolute atomic E-state index is 0.183. The van der Waals surface area contributed by atoms with E-state index < -0.39 is 11.9 Å². The molecule has 0 fully saturated rings. The minimum Gasteiger partial charge on any atom is -0.481 e. The van der Waals surface area contributed by atoms with Gasteiger partial charge in [0.05, 0.1) is 5.57 Å². The van der Waals surface area contributed by atoms with Gasteiger partial charge in [0, 0.05) is 0 Å². The lowest BCUT2D eigenvalue weighted by molar-refractivity contribution is -0.139. The Morgan fingerprint density at radius 3 is 2.75 bits per heavy atom. The van der Waals surface area contributed by atoms with Crippen LogP contribution in [-0.4, -0.2) is 17.0 Å². The molecule has 0 saturated carbocycles. The van der Waals surface area contributed by atoms with Crippen LogP contribution in [0.15, 0.2) is 29.4 Å². The van der Waals surface area contributed by atoms with Crippen molar-refractivity contribution in [3.8, 4) is 0 Å². The lowest BCUT2D eigenvalue weighted by Gasteiger charge is -2.13. The zero-order valence-corrected chi connectivity index (χ0v) is 6.57. The van der Waals surface area contributed by atoms with Crippen molar-refractivity contribution in [3.63, 3.8) is 0 Å². The molecule has 12 heavy (non-hydrogen) atoms. The van der Waals surface area contributed by atoms with E-state index in [9.17, 15) is 9.59 Å². The molecule has 0 bridgehead atoms. The van der Waals surface area contributed by atoms with Crippen molar-refractivity contribution in [3.05, 3.63) is 29.4 Å². The molecule has 0 amide bonds. The number of rotatable bonds is 1. The fourth-order valence-electron chi connectivity index (χ4n) is 1.16. The van der Waals surface area contributed by atoms with Gasteiger partial charge in [-0.15, -0.1) is 0 Å². The molecule has 0 aromatic carbocycles. The zero-order valence-electron chi connectivity index (χ0n) is 6.57. The summed E-state index contributed by atoms with van der Waals surface area (Å²) in [6.45, 7) is 1.68. The van der Waals surface area contributed by atoms with Gasteiger partial charge in [-0.05, 0) is 13.0 Å². The molecule has 1 unspecified atom stereocenters. The number of allylic oxidation sites excluding steroid dienone is 3. The van der Waals surface area contributed by atoms with Gasteiger partial charge in [-0.1, -0.05) is 17.7 Å². The van der Waals surface area contributed by atoms with Gasteiger partial charge in [-0.3, -0.25) is 4.79 Å². The maximum absolute atomic E-state index is 10.7. The predicted molar refractivity (Wildman–Crippen MR) is 43.2 cm³/mol. The van der Waals surface area contributed by atoms with E-state index >= 15 is 0 Å². The Hall–Kier alpha value is -1.60. The fraction of sp³-hybridized carbons (Fsp3) is 0.222. The third kappa shape index (κ3) is 1.36. The number of carbonyl (C=O) groups is 1. The lowest BCUT2D eigenvalue weighted by Crippen LogP contribution is -2.18. The highest BCUT2D eigenvalue weighted by atomic mass is 16.4. The van der Waals surface area contributed by atoms with Gasteiger partial charge in [-0.2, -0.15) is 0 Å². The topological polar surface area (TPSA) is 54.4 Å². The van der Waals surface area contributed by atoms with Crippen LogP contribution in [0, 0.1) is 5.92 Å². The van der Waals surface area contributed by atoms with Gasteiger partial charge in [0.2, 0.25) is 0 Å². The van der Waals surface area contributed by atoms with E-state index in [1.54, 1.807) is 25.0 Å². The first-order valence-corrected chi connectivity index (χ1v) is 3.49. The van der Waals surface area contributed by atoms with Crippen molar-refractivity contribution < 1.29 is 14.7 Å². The Balaban J connectivity index is 3.11. The number of carboxylic acids is 1. The SMILES string of the molecule is CC1=CC=CC(=C=O)C1C(=O)O. The third-order valence-electron chi connectivity index (χ3n) is 1.77. The van der Waals surface area contributed by atoms with Gasteiger partial charge >= 0.3 is 5.97 Å². The minimum atomic E-state index is -1.01. The molecule has 0 aromatic rings. The molecule has 0 heterocycles. The Morgan fingerprint density at radius 2 is 2.33 bits per heavy atom. The van der Waals surface area contributed by atoms with E-state index in [0.29, 0.717) is 5.57 Å². The van der Waals surface area contributed by atoms with Crippen molar-refractivity contribution in [1.82, 2.24) is 0 Å². The van der Waals surface area contributed by atoms with Crippen LogP contribution in [0.1, 0.15) is 6.92 Å². The van der Waals surface area contributed by atoms with Crippen LogP contribution in [0.3, 0.4) is 0 Å². The third-order valence-corrected chi connectivity index (χ3v) is 1.77. The number of aliphatic carboxylic acids is 1. The summed E-state index contributed by atoms with van der Waals surface area (Å²) >= 11 is 0. The quantitative estimate of drug-likeness (QED) is 0.587. The van der Waals surface area contributed by atoms with Crippen molar-refractivity contribution in [2.24, 2.45) is 5.92 Å². The summed E-state index contributed by atoms with van der Waals surface area (Å²) in [6.07, 6.45) is 4.80. The molecule has 1 aliphatic rings. The predicted octanol–water partition coefficient (Wildman–Crippen LogP) is 0.961. The van der Waals surface area contributed by atoms with Crippen LogP contribution < -0.4 is 0 Å². The van der Waals surface area contributed by atoms with Crippen LogP contribution in [0.2, 0.25) is 0 Å². The summed E-state index contributed by atoms with van der Waals surface area (Å²) in [7, 11) is 0. The number of carboxylic acid groups (broad SMARTS) is 1. The largest absolute Gasteiger partial charge is 0.481 e. The van der Waals surface area contributed by atoms with Gasteiger partial charge in [0.1, 0.15) is 11.9 Å². The van der Waals surface area contributed by atoms with Crippen molar-refractivity contribution in [2.75, 3.05) is 0 Å². The summed E-state index contributed by atoms with van der Waals surface area (Å²) < 4.78 is 0. The van der Waals surface area contributed by atoms with E-state index in [1.165, 1.54) is 6.08 Å². The standard InChI is InChI=1S/C9H8O3/c1-6-3-2-4-7(5-10)8(6)9(11)12/h2-4,8H,1H3,(H,11,12). The molecule has 0 aromatic heterocycles. The summed E-state index contributed by atoms with van der Waals surface area (Å²) in [4.78, 5) is 21.0. The van der Waals surface area contributed by atoms with Crippen molar-refractivity contribution >= 4 is 11.9 Å². The first-order valence-electron chi connectivity index (χ1n) is 3.49. The lowest BCUT2D eigenvalue weighted by atomic mass is 9.89. The first-order chi connectivity index (χ1) is 5.66. The molecule has 3 heteroatoms. The normalized spacial score (nSPS) is 21.6. The maximum Gasteiger partial charge on any atom is 0.315 e. The van der Waals surface area contributed by atoms with E-state index in [2.05, 4.69) is 0 Å². The van der Waals surface area contributed by atoms with Gasteiger partial charge in [0.15, 0.2) is 0 Å². The molecule has 0 saturated heterocycles. The first kappa shape index (κ1) is 8.50. The van der Waals surface area contributed by atoms with Crippen LogP contribution in [0.5, 0.6) is 0 Å². The van der Waals surface area contributed by atoms with Crippen molar-refractivity contribution in [2.45, 2.75) is 6.92 Å². The van der Waals surface area contributed by atoms with E-state index in [0.717, 1.165) is 0 Å².